The second kappa shape index (κ2) is 3.71. The molecule has 0 unspecified atom stereocenters. The van der Waals surface area contributed by atoms with Crippen LogP contribution in [-0.2, 0) is 21.7 Å². The summed E-state index contributed by atoms with van der Waals surface area (Å²) in [5.74, 6) is -0.522. The van der Waals surface area contributed by atoms with Gasteiger partial charge in [0.05, 0.1) is 13.2 Å². The van der Waals surface area contributed by atoms with E-state index in [2.05, 4.69) is 31.2 Å². The van der Waals surface area contributed by atoms with Gasteiger partial charge < -0.3 is 9.47 Å². The third kappa shape index (κ3) is 1.68. The van der Waals surface area contributed by atoms with E-state index in [1.807, 2.05) is 6.92 Å². The molecule has 2 heteroatoms. The highest BCUT2D eigenvalue weighted by Gasteiger charge is 2.32. The van der Waals surface area contributed by atoms with E-state index >= 15 is 0 Å². The van der Waals surface area contributed by atoms with Gasteiger partial charge in [0.1, 0.15) is 0 Å². The molecule has 1 aromatic carbocycles. The van der Waals surface area contributed by atoms with E-state index in [1.165, 1.54) is 5.56 Å². The fraction of sp³-hybridized carbons (Fsp3) is 0.500. The first-order valence-corrected chi connectivity index (χ1v) is 5.12. The molecule has 0 bridgehead atoms. The summed E-state index contributed by atoms with van der Waals surface area (Å²) in [5, 5.41) is 0. The van der Waals surface area contributed by atoms with Gasteiger partial charge in [-0.05, 0) is 18.9 Å². The zero-order valence-corrected chi connectivity index (χ0v) is 8.75. The molecule has 0 amide bonds. The van der Waals surface area contributed by atoms with Crippen molar-refractivity contribution in [3.63, 3.8) is 0 Å². The Bertz CT molecular complexity index is 297. The van der Waals surface area contributed by atoms with Gasteiger partial charge in [0.2, 0.25) is 0 Å². The molecule has 0 spiro atoms. The van der Waals surface area contributed by atoms with E-state index in [0.717, 1.165) is 12.0 Å². The molecule has 0 N–H and O–H groups in total. The SMILES string of the molecule is CCc1ccc(C2(C)OCCO2)cc1. The van der Waals surface area contributed by atoms with Crippen LogP contribution in [0.3, 0.4) is 0 Å². The third-order valence-electron chi connectivity index (χ3n) is 2.72. The minimum atomic E-state index is -0.522. The van der Waals surface area contributed by atoms with Gasteiger partial charge in [-0.15, -0.1) is 0 Å². The minimum Gasteiger partial charge on any atom is -0.344 e. The fourth-order valence-electron chi connectivity index (χ4n) is 1.72. The zero-order chi connectivity index (χ0) is 10.0. The molecule has 0 radical (unpaired) electrons. The maximum Gasteiger partial charge on any atom is 0.192 e. The lowest BCUT2D eigenvalue weighted by Gasteiger charge is -2.22. The molecule has 0 aliphatic carbocycles. The maximum absolute atomic E-state index is 5.58. The largest absolute Gasteiger partial charge is 0.344 e. The topological polar surface area (TPSA) is 18.5 Å². The Labute approximate surface area is 84.8 Å². The summed E-state index contributed by atoms with van der Waals surface area (Å²) in [6, 6.07) is 8.44. The van der Waals surface area contributed by atoms with Gasteiger partial charge >= 0.3 is 0 Å². The lowest BCUT2D eigenvalue weighted by atomic mass is 10.0. The summed E-state index contributed by atoms with van der Waals surface area (Å²) in [5.41, 5.74) is 2.45. The predicted molar refractivity (Wildman–Crippen MR) is 55.1 cm³/mol. The van der Waals surface area contributed by atoms with E-state index < -0.39 is 5.79 Å². The van der Waals surface area contributed by atoms with Crippen LogP contribution in [0.5, 0.6) is 0 Å². The molecule has 1 heterocycles. The molecule has 0 saturated carbocycles. The molecule has 1 aromatic rings. The van der Waals surface area contributed by atoms with Crippen molar-refractivity contribution in [2.24, 2.45) is 0 Å². The van der Waals surface area contributed by atoms with E-state index in [1.54, 1.807) is 0 Å². The van der Waals surface area contributed by atoms with Gasteiger partial charge in [0, 0.05) is 5.56 Å². The summed E-state index contributed by atoms with van der Waals surface area (Å²) in [6.45, 7) is 5.50. The smallest absolute Gasteiger partial charge is 0.192 e. The van der Waals surface area contributed by atoms with E-state index in [-0.39, 0.29) is 0 Å². The molecule has 2 rings (SSSR count). The van der Waals surface area contributed by atoms with Crippen LogP contribution in [0.1, 0.15) is 25.0 Å². The number of benzene rings is 1. The van der Waals surface area contributed by atoms with Crippen LogP contribution in [0.25, 0.3) is 0 Å². The Balaban J connectivity index is 2.23. The first-order chi connectivity index (χ1) is 6.74. The Morgan fingerprint density at radius 1 is 1.14 bits per heavy atom. The van der Waals surface area contributed by atoms with Crippen LogP contribution in [0, 0.1) is 0 Å². The van der Waals surface area contributed by atoms with Crippen molar-refractivity contribution in [1.82, 2.24) is 0 Å². The number of aryl methyl sites for hydroxylation is 1. The molecule has 1 aliphatic rings. The minimum absolute atomic E-state index is 0.522. The van der Waals surface area contributed by atoms with Gasteiger partial charge in [-0.2, -0.15) is 0 Å². The second-order valence-corrected chi connectivity index (χ2v) is 3.69. The van der Waals surface area contributed by atoms with Crippen molar-refractivity contribution in [3.05, 3.63) is 35.4 Å². The van der Waals surface area contributed by atoms with Crippen LogP contribution >= 0.6 is 0 Å². The van der Waals surface area contributed by atoms with Crippen LogP contribution in [0.4, 0.5) is 0 Å². The van der Waals surface area contributed by atoms with Crippen molar-refractivity contribution >= 4 is 0 Å². The van der Waals surface area contributed by atoms with Gasteiger partial charge in [0.15, 0.2) is 5.79 Å². The van der Waals surface area contributed by atoms with Gasteiger partial charge in [0.25, 0.3) is 0 Å². The maximum atomic E-state index is 5.58. The average molecular weight is 192 g/mol. The molecule has 0 atom stereocenters. The van der Waals surface area contributed by atoms with Crippen molar-refractivity contribution in [2.45, 2.75) is 26.1 Å². The average Bonchev–Trinajstić information content (AvgIpc) is 2.67. The molecule has 76 valence electrons. The first kappa shape index (κ1) is 9.69. The van der Waals surface area contributed by atoms with Crippen molar-refractivity contribution in [2.75, 3.05) is 13.2 Å². The lowest BCUT2D eigenvalue weighted by Crippen LogP contribution is -2.22. The molecule has 1 saturated heterocycles. The van der Waals surface area contributed by atoms with Gasteiger partial charge in [-0.25, -0.2) is 0 Å². The van der Waals surface area contributed by atoms with E-state index in [4.69, 9.17) is 9.47 Å². The molecule has 14 heavy (non-hydrogen) atoms. The standard InChI is InChI=1S/C12H16O2/c1-3-10-4-6-11(7-5-10)12(2)13-8-9-14-12/h4-7H,3,8-9H2,1-2H3. The summed E-state index contributed by atoms with van der Waals surface area (Å²) < 4.78 is 11.2. The lowest BCUT2D eigenvalue weighted by molar-refractivity contribution is -0.149. The molecule has 1 fully saturated rings. The van der Waals surface area contributed by atoms with Gasteiger partial charge in [-0.3, -0.25) is 0 Å². The van der Waals surface area contributed by atoms with Gasteiger partial charge in [-0.1, -0.05) is 31.2 Å². The molecule has 0 aromatic heterocycles. The predicted octanol–water partition coefficient (Wildman–Crippen LogP) is 2.47. The highest BCUT2D eigenvalue weighted by Crippen LogP contribution is 2.30. The summed E-state index contributed by atoms with van der Waals surface area (Å²) in [4.78, 5) is 0. The molecule has 1 aliphatic heterocycles. The summed E-state index contributed by atoms with van der Waals surface area (Å²) >= 11 is 0. The first-order valence-electron chi connectivity index (χ1n) is 5.12. The normalized spacial score (nSPS) is 19.9. The number of hydrogen-bond acceptors (Lipinski definition) is 2. The second-order valence-electron chi connectivity index (χ2n) is 3.69. The molecular weight excluding hydrogens is 176 g/mol. The fourth-order valence-corrected chi connectivity index (χ4v) is 1.72. The monoisotopic (exact) mass is 192 g/mol. The third-order valence-corrected chi connectivity index (χ3v) is 2.72. The van der Waals surface area contributed by atoms with Crippen molar-refractivity contribution in [1.29, 1.82) is 0 Å². The highest BCUT2D eigenvalue weighted by atomic mass is 16.7. The Morgan fingerprint density at radius 3 is 2.21 bits per heavy atom. The Morgan fingerprint density at radius 2 is 1.71 bits per heavy atom. The van der Waals surface area contributed by atoms with Crippen LogP contribution in [-0.4, -0.2) is 13.2 Å². The number of ether oxygens (including phenoxy) is 2. The van der Waals surface area contributed by atoms with Crippen molar-refractivity contribution < 1.29 is 9.47 Å². The van der Waals surface area contributed by atoms with Crippen LogP contribution in [0.15, 0.2) is 24.3 Å². The molecule has 2 nitrogen and oxygen atoms in total. The quantitative estimate of drug-likeness (QED) is 0.716. The summed E-state index contributed by atoms with van der Waals surface area (Å²) in [7, 11) is 0. The number of hydrogen-bond donors (Lipinski definition) is 0. The Hall–Kier alpha value is -0.860. The van der Waals surface area contributed by atoms with Crippen LogP contribution in [0.2, 0.25) is 0 Å². The van der Waals surface area contributed by atoms with Crippen LogP contribution < -0.4 is 0 Å². The number of rotatable bonds is 2. The Kier molecular flexibility index (Phi) is 2.57. The summed E-state index contributed by atoms with van der Waals surface area (Å²) in [6.07, 6.45) is 1.07. The van der Waals surface area contributed by atoms with E-state index in [0.29, 0.717) is 13.2 Å². The zero-order valence-electron chi connectivity index (χ0n) is 8.75. The highest BCUT2D eigenvalue weighted by molar-refractivity contribution is 5.25. The van der Waals surface area contributed by atoms with Crippen molar-refractivity contribution in [3.8, 4) is 0 Å². The molecular formula is C12H16O2. The van der Waals surface area contributed by atoms with E-state index in [9.17, 15) is 0 Å².